The minimum Gasteiger partial charge on any atom is -0.271 e. The molecule has 2 nitrogen and oxygen atoms in total. The molecule has 0 radical (unpaired) electrons. The fraction of sp³-hybridized carbons (Fsp3) is 0.600. The average molecular weight is 344 g/mol. The van der Waals surface area contributed by atoms with Gasteiger partial charge >= 0.3 is 0 Å². The van der Waals surface area contributed by atoms with Gasteiger partial charge in [0.2, 0.25) is 0 Å². The summed E-state index contributed by atoms with van der Waals surface area (Å²) in [5, 5.41) is 0.800. The summed E-state index contributed by atoms with van der Waals surface area (Å²) in [6.45, 7) is 0. The predicted octanol–water partition coefficient (Wildman–Crippen LogP) is 4.43. The second kappa shape index (κ2) is 5.72. The number of nitrogens with two attached hydrogens (primary N) is 1. The highest BCUT2D eigenvalue weighted by molar-refractivity contribution is 9.10. The lowest BCUT2D eigenvalue weighted by molar-refractivity contribution is 0.280. The van der Waals surface area contributed by atoms with Gasteiger partial charge in [-0.1, -0.05) is 34.0 Å². The lowest BCUT2D eigenvalue weighted by atomic mass is 9.83. The van der Waals surface area contributed by atoms with E-state index in [2.05, 4.69) is 27.4 Å². The monoisotopic (exact) mass is 342 g/mol. The van der Waals surface area contributed by atoms with Gasteiger partial charge in [0.1, 0.15) is 0 Å². The normalized spacial score (nSPS) is 30.8. The van der Waals surface area contributed by atoms with E-state index in [1.165, 1.54) is 25.7 Å². The first kappa shape index (κ1) is 13.9. The topological polar surface area (TPSA) is 38.0 Å². The molecule has 0 heterocycles. The molecule has 0 spiro atoms. The van der Waals surface area contributed by atoms with E-state index >= 15 is 0 Å². The average Bonchev–Trinajstić information content (AvgIpc) is 3.01. The Balaban J connectivity index is 1.75. The Bertz CT molecular complexity index is 465. The number of benzene rings is 1. The van der Waals surface area contributed by atoms with E-state index in [1.807, 2.05) is 12.1 Å². The van der Waals surface area contributed by atoms with Crippen LogP contribution in [0.3, 0.4) is 0 Å². The van der Waals surface area contributed by atoms with E-state index in [1.54, 1.807) is 0 Å². The standard InChI is InChI=1S/C15H20BrClN2/c16-12-3-4-14(17)13(8-12)15(19-18)7-11-6-9-1-2-10(11)5-9/h3-4,8-11,15,19H,1-2,5-7,18H2. The molecule has 3 rings (SSSR count). The van der Waals surface area contributed by atoms with Crippen molar-refractivity contribution in [2.75, 3.05) is 0 Å². The lowest BCUT2D eigenvalue weighted by Gasteiger charge is -2.27. The Kier molecular flexibility index (Phi) is 4.18. The van der Waals surface area contributed by atoms with E-state index in [4.69, 9.17) is 17.4 Å². The van der Waals surface area contributed by atoms with E-state index in [9.17, 15) is 0 Å². The largest absolute Gasteiger partial charge is 0.271 e. The second-order valence-electron chi connectivity index (χ2n) is 6.06. The van der Waals surface area contributed by atoms with E-state index < -0.39 is 0 Å². The third-order valence-corrected chi connectivity index (χ3v) is 5.80. The summed E-state index contributed by atoms with van der Waals surface area (Å²) in [6, 6.07) is 6.15. The van der Waals surface area contributed by atoms with Crippen molar-refractivity contribution < 1.29 is 0 Å². The van der Waals surface area contributed by atoms with Crippen LogP contribution in [0.15, 0.2) is 22.7 Å². The number of rotatable bonds is 4. The van der Waals surface area contributed by atoms with Gasteiger partial charge in [-0.3, -0.25) is 11.3 Å². The van der Waals surface area contributed by atoms with Crippen molar-refractivity contribution >= 4 is 27.5 Å². The predicted molar refractivity (Wildman–Crippen MR) is 82.8 cm³/mol. The Morgan fingerprint density at radius 2 is 2.21 bits per heavy atom. The van der Waals surface area contributed by atoms with Crippen LogP contribution in [0.25, 0.3) is 0 Å². The van der Waals surface area contributed by atoms with E-state index in [0.717, 1.165) is 39.2 Å². The van der Waals surface area contributed by atoms with Gasteiger partial charge in [0.15, 0.2) is 0 Å². The minimum absolute atomic E-state index is 0.161. The van der Waals surface area contributed by atoms with Crippen LogP contribution in [-0.2, 0) is 0 Å². The molecule has 2 saturated carbocycles. The first-order valence-corrected chi connectivity index (χ1v) is 8.25. The van der Waals surface area contributed by atoms with Crippen LogP contribution in [0.5, 0.6) is 0 Å². The Labute approximate surface area is 128 Å². The molecule has 0 amide bonds. The van der Waals surface area contributed by atoms with Gasteiger partial charge < -0.3 is 0 Å². The number of halogens is 2. The Morgan fingerprint density at radius 3 is 2.84 bits per heavy atom. The molecule has 19 heavy (non-hydrogen) atoms. The van der Waals surface area contributed by atoms with Crippen molar-refractivity contribution in [1.29, 1.82) is 0 Å². The van der Waals surface area contributed by atoms with Gasteiger partial charge in [-0.15, -0.1) is 0 Å². The fourth-order valence-corrected chi connectivity index (χ4v) is 4.66. The molecule has 0 aliphatic heterocycles. The number of hydrogen-bond acceptors (Lipinski definition) is 2. The van der Waals surface area contributed by atoms with Crippen molar-refractivity contribution in [3.63, 3.8) is 0 Å². The van der Waals surface area contributed by atoms with Gasteiger partial charge in [0.05, 0.1) is 0 Å². The quantitative estimate of drug-likeness (QED) is 0.627. The molecule has 1 aromatic carbocycles. The molecule has 2 fully saturated rings. The third-order valence-electron chi connectivity index (χ3n) is 4.96. The lowest BCUT2D eigenvalue weighted by Crippen LogP contribution is -2.31. The molecule has 4 atom stereocenters. The number of fused-ring (bicyclic) bond motifs is 2. The molecule has 2 bridgehead atoms. The summed E-state index contributed by atoms with van der Waals surface area (Å²) in [7, 11) is 0. The van der Waals surface area contributed by atoms with Crippen LogP contribution in [-0.4, -0.2) is 0 Å². The van der Waals surface area contributed by atoms with Crippen molar-refractivity contribution in [2.24, 2.45) is 23.6 Å². The maximum Gasteiger partial charge on any atom is 0.0477 e. The van der Waals surface area contributed by atoms with Gasteiger partial charge in [-0.25, -0.2) is 0 Å². The molecule has 0 aromatic heterocycles. The molecule has 1 aromatic rings. The first-order chi connectivity index (χ1) is 9.17. The van der Waals surface area contributed by atoms with E-state index in [0.29, 0.717) is 0 Å². The van der Waals surface area contributed by atoms with Crippen molar-refractivity contribution in [3.8, 4) is 0 Å². The molecule has 2 aliphatic carbocycles. The van der Waals surface area contributed by atoms with Gasteiger partial charge in [-0.05, 0) is 67.2 Å². The van der Waals surface area contributed by atoms with Crippen LogP contribution < -0.4 is 11.3 Å². The Hall–Kier alpha value is -0.0900. The maximum absolute atomic E-state index is 6.32. The number of hydrogen-bond donors (Lipinski definition) is 2. The summed E-state index contributed by atoms with van der Waals surface area (Å²) >= 11 is 9.83. The highest BCUT2D eigenvalue weighted by Crippen LogP contribution is 2.51. The molecule has 4 unspecified atom stereocenters. The van der Waals surface area contributed by atoms with Crippen molar-refractivity contribution in [2.45, 2.75) is 38.1 Å². The zero-order chi connectivity index (χ0) is 13.4. The first-order valence-electron chi connectivity index (χ1n) is 7.08. The second-order valence-corrected chi connectivity index (χ2v) is 7.38. The summed E-state index contributed by atoms with van der Waals surface area (Å²) in [6.07, 6.45) is 6.79. The number of hydrazine groups is 1. The van der Waals surface area contributed by atoms with Crippen LogP contribution in [0.4, 0.5) is 0 Å². The van der Waals surface area contributed by atoms with Crippen LogP contribution in [0.1, 0.15) is 43.7 Å². The third kappa shape index (κ3) is 2.85. The van der Waals surface area contributed by atoms with Crippen LogP contribution >= 0.6 is 27.5 Å². The molecule has 104 valence electrons. The minimum atomic E-state index is 0.161. The van der Waals surface area contributed by atoms with Crippen LogP contribution in [0.2, 0.25) is 5.02 Å². The molecular weight excluding hydrogens is 324 g/mol. The molecule has 0 saturated heterocycles. The van der Waals surface area contributed by atoms with Gasteiger partial charge in [-0.2, -0.15) is 0 Å². The van der Waals surface area contributed by atoms with E-state index in [-0.39, 0.29) is 6.04 Å². The SMILES string of the molecule is NNC(CC1CC2CCC1C2)c1cc(Br)ccc1Cl. The maximum atomic E-state index is 6.32. The van der Waals surface area contributed by atoms with Gasteiger partial charge in [0, 0.05) is 15.5 Å². The number of nitrogens with one attached hydrogen (secondary N) is 1. The summed E-state index contributed by atoms with van der Waals surface area (Å²) < 4.78 is 1.06. The molecule has 4 heteroatoms. The Morgan fingerprint density at radius 1 is 1.37 bits per heavy atom. The zero-order valence-corrected chi connectivity index (χ0v) is 13.3. The van der Waals surface area contributed by atoms with Crippen molar-refractivity contribution in [1.82, 2.24) is 5.43 Å². The highest BCUT2D eigenvalue weighted by atomic mass is 79.9. The fourth-order valence-electron chi connectivity index (χ4n) is 4.03. The molecular formula is C15H20BrClN2. The van der Waals surface area contributed by atoms with Crippen molar-refractivity contribution in [3.05, 3.63) is 33.3 Å². The highest BCUT2D eigenvalue weighted by Gasteiger charge is 2.40. The molecule has 2 aliphatic rings. The molecule has 3 N–H and O–H groups in total. The summed E-state index contributed by atoms with van der Waals surface area (Å²) in [4.78, 5) is 0. The summed E-state index contributed by atoms with van der Waals surface area (Å²) in [5.41, 5.74) is 4.08. The zero-order valence-electron chi connectivity index (χ0n) is 10.9. The smallest absolute Gasteiger partial charge is 0.0477 e. The van der Waals surface area contributed by atoms with Gasteiger partial charge in [0.25, 0.3) is 0 Å². The summed E-state index contributed by atoms with van der Waals surface area (Å²) in [5.74, 6) is 8.49. The van der Waals surface area contributed by atoms with Crippen LogP contribution in [0, 0.1) is 17.8 Å².